The number of H-pyrrole nitrogens is 2. The van der Waals surface area contributed by atoms with Crippen LogP contribution in [0.15, 0.2) is 53.6 Å². The molecule has 1 heterocycles. The summed E-state index contributed by atoms with van der Waals surface area (Å²) in [5, 5.41) is 14.9. The number of imidazole rings is 1. The average molecular weight is 310 g/mol. The highest BCUT2D eigenvalue weighted by Crippen LogP contribution is 2.15. The van der Waals surface area contributed by atoms with Gasteiger partial charge in [0.25, 0.3) is 11.5 Å². The van der Waals surface area contributed by atoms with Crippen LogP contribution in [-0.2, 0) is 6.42 Å². The lowest BCUT2D eigenvalue weighted by molar-refractivity contribution is -0.384. The Morgan fingerprint density at radius 1 is 1.26 bits per heavy atom. The summed E-state index contributed by atoms with van der Waals surface area (Å²) in [7, 11) is 0. The first-order valence-corrected chi connectivity index (χ1v) is 7.14. The van der Waals surface area contributed by atoms with Crippen molar-refractivity contribution in [3.63, 3.8) is 0 Å². The Balaban J connectivity index is 1.66. The van der Waals surface area contributed by atoms with Crippen molar-refractivity contribution in [2.75, 3.05) is 5.43 Å². The topological polar surface area (TPSA) is 97.5 Å². The van der Waals surface area contributed by atoms with Gasteiger partial charge in [-0.25, -0.2) is 9.97 Å². The number of para-hydroxylation sites is 2. The first kappa shape index (κ1) is 14.7. The summed E-state index contributed by atoms with van der Waals surface area (Å²) in [6, 6.07) is 14.1. The first-order valence-electron chi connectivity index (χ1n) is 7.14. The maximum Gasteiger partial charge on any atom is 0.269 e. The molecule has 2 aromatic carbocycles. The second-order valence-corrected chi connectivity index (χ2v) is 5.21. The van der Waals surface area contributed by atoms with Crippen LogP contribution < -0.4 is 10.4 Å². The van der Waals surface area contributed by atoms with Gasteiger partial charge >= 0.3 is 0 Å². The molecule has 3 rings (SSSR count). The average Bonchev–Trinajstić information content (AvgIpc) is 2.95. The number of aromatic amines is 2. The van der Waals surface area contributed by atoms with Crippen LogP contribution in [0.4, 0.5) is 11.4 Å². The number of hydrazone groups is 1. The summed E-state index contributed by atoms with van der Waals surface area (Å²) in [6.45, 7) is 1.91. The van der Waals surface area contributed by atoms with Gasteiger partial charge < -0.3 is 0 Å². The Morgan fingerprint density at radius 3 is 2.70 bits per heavy atom. The molecule has 23 heavy (non-hydrogen) atoms. The monoisotopic (exact) mass is 310 g/mol. The van der Waals surface area contributed by atoms with Crippen LogP contribution in [0.5, 0.6) is 0 Å². The second kappa shape index (κ2) is 6.27. The zero-order chi connectivity index (χ0) is 16.2. The van der Waals surface area contributed by atoms with Crippen LogP contribution in [0.1, 0.15) is 12.7 Å². The molecule has 0 unspecified atom stereocenters. The molecule has 0 bridgehead atoms. The molecule has 0 aliphatic heterocycles. The molecule has 1 aromatic heterocycles. The minimum absolute atomic E-state index is 0.0592. The molecule has 0 spiro atoms. The summed E-state index contributed by atoms with van der Waals surface area (Å²) in [6.07, 6.45) is 0.647. The number of hydrogen-bond acceptors (Lipinski definition) is 4. The molecule has 7 heteroatoms. The summed E-state index contributed by atoms with van der Waals surface area (Å²) in [4.78, 5) is 16.8. The van der Waals surface area contributed by atoms with Crippen molar-refractivity contribution in [1.29, 1.82) is 0 Å². The van der Waals surface area contributed by atoms with E-state index in [4.69, 9.17) is 0 Å². The minimum atomic E-state index is -0.427. The zero-order valence-electron chi connectivity index (χ0n) is 12.5. The number of nitro groups is 1. The predicted molar refractivity (Wildman–Crippen MR) is 88.4 cm³/mol. The van der Waals surface area contributed by atoms with Gasteiger partial charge in [0, 0.05) is 17.8 Å². The SMILES string of the molecule is CC(Cc1[nH]c2ccccc2[nH+]1)=NNc1ccc([N+](=O)[O-])cc1. The van der Waals surface area contributed by atoms with Gasteiger partial charge in [-0.1, -0.05) is 12.1 Å². The fourth-order valence-corrected chi connectivity index (χ4v) is 2.26. The third kappa shape index (κ3) is 3.52. The third-order valence-electron chi connectivity index (χ3n) is 3.38. The summed E-state index contributed by atoms with van der Waals surface area (Å²) >= 11 is 0. The predicted octanol–water partition coefficient (Wildman–Crippen LogP) is 2.92. The van der Waals surface area contributed by atoms with E-state index in [-0.39, 0.29) is 5.69 Å². The quantitative estimate of drug-likeness (QED) is 0.430. The van der Waals surface area contributed by atoms with Gasteiger partial charge in [-0.2, -0.15) is 5.10 Å². The van der Waals surface area contributed by atoms with E-state index in [2.05, 4.69) is 20.5 Å². The number of fused-ring (bicyclic) bond motifs is 1. The van der Waals surface area contributed by atoms with Crippen LogP contribution in [-0.4, -0.2) is 15.6 Å². The van der Waals surface area contributed by atoms with Crippen molar-refractivity contribution >= 4 is 28.1 Å². The summed E-state index contributed by atoms with van der Waals surface area (Å²) < 4.78 is 0. The molecule has 0 fully saturated rings. The van der Waals surface area contributed by atoms with Crippen LogP contribution in [0.25, 0.3) is 11.0 Å². The zero-order valence-corrected chi connectivity index (χ0v) is 12.5. The minimum Gasteiger partial charge on any atom is -0.279 e. The van der Waals surface area contributed by atoms with E-state index in [1.54, 1.807) is 12.1 Å². The van der Waals surface area contributed by atoms with Crippen molar-refractivity contribution in [1.82, 2.24) is 4.98 Å². The highest BCUT2D eigenvalue weighted by atomic mass is 16.6. The van der Waals surface area contributed by atoms with E-state index in [1.807, 2.05) is 31.2 Å². The smallest absolute Gasteiger partial charge is 0.269 e. The number of nitro benzene ring substituents is 1. The Hall–Kier alpha value is -3.22. The number of non-ortho nitro benzene ring substituents is 1. The van der Waals surface area contributed by atoms with Gasteiger partial charge in [0.15, 0.2) is 11.0 Å². The molecular weight excluding hydrogens is 294 g/mol. The van der Waals surface area contributed by atoms with E-state index in [0.29, 0.717) is 12.1 Å². The number of benzene rings is 2. The normalized spacial score (nSPS) is 11.6. The molecule has 0 saturated heterocycles. The van der Waals surface area contributed by atoms with Crippen molar-refractivity contribution in [2.45, 2.75) is 13.3 Å². The molecule has 3 aromatic rings. The third-order valence-corrected chi connectivity index (χ3v) is 3.38. The van der Waals surface area contributed by atoms with Gasteiger partial charge in [0.1, 0.15) is 0 Å². The molecule has 0 aliphatic rings. The number of aromatic nitrogens is 2. The molecule has 116 valence electrons. The van der Waals surface area contributed by atoms with Crippen molar-refractivity contribution in [2.24, 2.45) is 5.10 Å². The van der Waals surface area contributed by atoms with Crippen molar-refractivity contribution < 1.29 is 9.91 Å². The van der Waals surface area contributed by atoms with E-state index >= 15 is 0 Å². The molecule has 0 radical (unpaired) electrons. The maximum atomic E-state index is 10.6. The summed E-state index contributed by atoms with van der Waals surface area (Å²) in [5.74, 6) is 0.970. The number of nitrogens with zero attached hydrogens (tertiary/aromatic N) is 2. The van der Waals surface area contributed by atoms with Crippen molar-refractivity contribution in [3.8, 4) is 0 Å². The fraction of sp³-hybridized carbons (Fsp3) is 0.125. The number of hydrogen-bond donors (Lipinski definition) is 2. The summed E-state index contributed by atoms with van der Waals surface area (Å²) in [5.41, 5.74) is 6.65. The second-order valence-electron chi connectivity index (χ2n) is 5.21. The number of nitrogens with one attached hydrogen (secondary N) is 3. The van der Waals surface area contributed by atoms with Crippen LogP contribution in [0.2, 0.25) is 0 Å². The lowest BCUT2D eigenvalue weighted by Gasteiger charge is -2.01. The Labute approximate surface area is 132 Å². The fourth-order valence-electron chi connectivity index (χ4n) is 2.26. The van der Waals surface area contributed by atoms with E-state index < -0.39 is 4.92 Å². The van der Waals surface area contributed by atoms with Crippen LogP contribution in [0.3, 0.4) is 0 Å². The molecule has 0 aliphatic carbocycles. The highest BCUT2D eigenvalue weighted by Gasteiger charge is 2.10. The van der Waals surface area contributed by atoms with Gasteiger partial charge in [-0.15, -0.1) is 0 Å². The number of rotatable bonds is 5. The van der Waals surface area contributed by atoms with Gasteiger partial charge in [0.05, 0.1) is 17.0 Å². The van der Waals surface area contributed by atoms with Gasteiger partial charge in [-0.05, 0) is 31.2 Å². The molecule has 0 saturated carbocycles. The van der Waals surface area contributed by atoms with Crippen molar-refractivity contribution in [3.05, 3.63) is 64.5 Å². The first-order chi connectivity index (χ1) is 11.1. The number of anilines is 1. The molecule has 3 N–H and O–H groups in total. The Kier molecular flexibility index (Phi) is 4.01. The molecular formula is C16H16N5O2+. The van der Waals surface area contributed by atoms with E-state index in [0.717, 1.165) is 22.6 Å². The van der Waals surface area contributed by atoms with E-state index in [9.17, 15) is 10.1 Å². The Bertz CT molecular complexity index is 835. The highest BCUT2D eigenvalue weighted by molar-refractivity contribution is 5.84. The largest absolute Gasteiger partial charge is 0.279 e. The lowest BCUT2D eigenvalue weighted by Crippen LogP contribution is -2.12. The Morgan fingerprint density at radius 2 is 2.00 bits per heavy atom. The van der Waals surface area contributed by atoms with Crippen LogP contribution >= 0.6 is 0 Å². The van der Waals surface area contributed by atoms with Gasteiger partial charge in [-0.3, -0.25) is 15.5 Å². The molecule has 0 amide bonds. The lowest BCUT2D eigenvalue weighted by atomic mass is 10.3. The maximum absolute atomic E-state index is 10.6. The van der Waals surface area contributed by atoms with Crippen LogP contribution in [0, 0.1) is 10.1 Å². The molecule has 0 atom stereocenters. The molecule has 7 nitrogen and oxygen atoms in total. The van der Waals surface area contributed by atoms with Gasteiger partial charge in [0.2, 0.25) is 0 Å². The van der Waals surface area contributed by atoms with E-state index in [1.165, 1.54) is 12.1 Å². The standard InChI is InChI=1S/C16H15N5O2/c1-11(10-16-17-14-4-2-3-5-15(14)18-16)19-20-12-6-8-13(9-7-12)21(22)23/h2-9,20H,10H2,1H3,(H,17,18)/p+1.